The number of ether oxygens (including phenoxy) is 1. The Morgan fingerprint density at radius 3 is 2.59 bits per heavy atom. The van der Waals surface area contributed by atoms with Crippen LogP contribution < -0.4 is 0 Å². The monoisotopic (exact) mass is 393 g/mol. The standard InChI is InChI=1S/C19H22F3N3OSi/c1-27(2,3)10-9-26-13-25-8-7-16-17(23-12-24-18(16)25)14-5-4-6-15(11-14)19(20,21)22/h4-8,11-12H,9-10,13H2,1-3H3. The van der Waals surface area contributed by atoms with Crippen molar-refractivity contribution in [2.45, 2.75) is 38.6 Å². The molecule has 0 aliphatic carbocycles. The largest absolute Gasteiger partial charge is 0.416 e. The third-order valence-corrected chi connectivity index (χ3v) is 5.95. The van der Waals surface area contributed by atoms with Gasteiger partial charge in [0.05, 0.1) is 11.3 Å². The molecule has 0 atom stereocenters. The number of benzene rings is 1. The van der Waals surface area contributed by atoms with Crippen LogP contribution in [0.2, 0.25) is 25.7 Å². The predicted octanol–water partition coefficient (Wildman–Crippen LogP) is 5.43. The fourth-order valence-corrected chi connectivity index (χ4v) is 3.48. The second kappa shape index (κ2) is 7.44. The van der Waals surface area contributed by atoms with Crippen molar-refractivity contribution in [2.75, 3.05) is 6.61 Å². The first-order valence-corrected chi connectivity index (χ1v) is 12.4. The molecule has 0 saturated carbocycles. The van der Waals surface area contributed by atoms with E-state index in [9.17, 15) is 13.2 Å². The van der Waals surface area contributed by atoms with Crippen LogP contribution in [0.25, 0.3) is 22.3 Å². The van der Waals surface area contributed by atoms with Crippen LogP contribution in [0.15, 0.2) is 42.9 Å². The second-order valence-electron chi connectivity index (χ2n) is 7.67. The molecular formula is C19H22F3N3OSi. The Morgan fingerprint density at radius 2 is 1.89 bits per heavy atom. The van der Waals surface area contributed by atoms with Gasteiger partial charge in [0, 0.05) is 31.8 Å². The van der Waals surface area contributed by atoms with Gasteiger partial charge in [-0.05, 0) is 24.2 Å². The number of nitrogens with zero attached hydrogens (tertiary/aromatic N) is 3. The van der Waals surface area contributed by atoms with Gasteiger partial charge in [0.15, 0.2) is 0 Å². The lowest BCUT2D eigenvalue weighted by molar-refractivity contribution is -0.137. The molecule has 0 saturated heterocycles. The molecule has 3 rings (SSSR count). The molecule has 27 heavy (non-hydrogen) atoms. The summed E-state index contributed by atoms with van der Waals surface area (Å²) in [6.07, 6.45) is -1.19. The highest BCUT2D eigenvalue weighted by atomic mass is 28.3. The van der Waals surface area contributed by atoms with E-state index < -0.39 is 19.8 Å². The van der Waals surface area contributed by atoms with Crippen molar-refractivity contribution in [3.63, 3.8) is 0 Å². The first-order valence-electron chi connectivity index (χ1n) is 8.70. The molecule has 144 valence electrons. The fourth-order valence-electron chi connectivity index (χ4n) is 2.72. The van der Waals surface area contributed by atoms with Gasteiger partial charge in [0.25, 0.3) is 0 Å². The number of fused-ring (bicyclic) bond motifs is 1. The topological polar surface area (TPSA) is 39.9 Å². The van der Waals surface area contributed by atoms with Gasteiger partial charge in [0.2, 0.25) is 0 Å². The molecule has 0 radical (unpaired) electrons. The molecule has 0 aliphatic heterocycles. The zero-order chi connectivity index (χ0) is 19.7. The highest BCUT2D eigenvalue weighted by Gasteiger charge is 2.30. The van der Waals surface area contributed by atoms with Gasteiger partial charge in [-0.2, -0.15) is 13.2 Å². The minimum atomic E-state index is -4.39. The molecule has 0 spiro atoms. The van der Waals surface area contributed by atoms with Crippen molar-refractivity contribution >= 4 is 19.1 Å². The number of alkyl halides is 3. The van der Waals surface area contributed by atoms with Crippen molar-refractivity contribution in [3.05, 3.63) is 48.4 Å². The quantitative estimate of drug-likeness (QED) is 0.414. The van der Waals surface area contributed by atoms with Crippen molar-refractivity contribution in [2.24, 2.45) is 0 Å². The summed E-state index contributed by atoms with van der Waals surface area (Å²) < 4.78 is 46.6. The third-order valence-electron chi connectivity index (χ3n) is 4.25. The Hall–Kier alpha value is -2.19. The Bertz CT molecular complexity index is 932. The van der Waals surface area contributed by atoms with Crippen LogP contribution in [0, 0.1) is 0 Å². The van der Waals surface area contributed by atoms with E-state index in [2.05, 4.69) is 29.6 Å². The number of hydrogen-bond donors (Lipinski definition) is 0. The number of rotatable bonds is 6. The van der Waals surface area contributed by atoms with Gasteiger partial charge < -0.3 is 9.30 Å². The summed E-state index contributed by atoms with van der Waals surface area (Å²) in [6, 6.07) is 8.06. The molecular weight excluding hydrogens is 371 g/mol. The van der Waals surface area contributed by atoms with E-state index in [1.807, 2.05) is 16.8 Å². The average Bonchev–Trinajstić information content (AvgIpc) is 3.00. The SMILES string of the molecule is C[Si](C)(C)CCOCn1ccc2c(-c3cccc(C(F)(F)F)c3)ncnc21. The van der Waals surface area contributed by atoms with Gasteiger partial charge >= 0.3 is 6.18 Å². The van der Waals surface area contributed by atoms with Gasteiger partial charge in [-0.1, -0.05) is 31.8 Å². The lowest BCUT2D eigenvalue weighted by atomic mass is 10.1. The molecule has 0 N–H and O–H groups in total. The second-order valence-corrected chi connectivity index (χ2v) is 13.3. The first kappa shape index (κ1) is 19.6. The summed E-state index contributed by atoms with van der Waals surface area (Å²) in [5.74, 6) is 0. The Labute approximate surface area is 157 Å². The summed E-state index contributed by atoms with van der Waals surface area (Å²) in [4.78, 5) is 8.50. The summed E-state index contributed by atoms with van der Waals surface area (Å²) in [5, 5.41) is 0.700. The lowest BCUT2D eigenvalue weighted by Crippen LogP contribution is -2.22. The van der Waals surface area contributed by atoms with E-state index in [4.69, 9.17) is 4.74 Å². The molecule has 2 aromatic heterocycles. The summed E-state index contributed by atoms with van der Waals surface area (Å²) in [6.45, 7) is 7.90. The molecule has 0 fully saturated rings. The summed E-state index contributed by atoms with van der Waals surface area (Å²) in [5.41, 5.74) is 0.841. The highest BCUT2D eigenvalue weighted by molar-refractivity contribution is 6.76. The highest BCUT2D eigenvalue weighted by Crippen LogP contribution is 2.33. The molecule has 3 aromatic rings. The van der Waals surface area contributed by atoms with Crippen LogP contribution >= 0.6 is 0 Å². The van der Waals surface area contributed by atoms with Crippen LogP contribution in [0.4, 0.5) is 13.2 Å². The van der Waals surface area contributed by atoms with Crippen molar-refractivity contribution < 1.29 is 17.9 Å². The molecule has 8 heteroatoms. The molecule has 0 bridgehead atoms. The number of hydrogen-bond acceptors (Lipinski definition) is 3. The van der Waals surface area contributed by atoms with E-state index >= 15 is 0 Å². The normalized spacial score (nSPS) is 12.7. The molecule has 4 nitrogen and oxygen atoms in total. The van der Waals surface area contributed by atoms with Gasteiger partial charge in [-0.15, -0.1) is 0 Å². The molecule has 1 aromatic carbocycles. The zero-order valence-corrected chi connectivity index (χ0v) is 16.5. The molecule has 0 unspecified atom stereocenters. The minimum Gasteiger partial charge on any atom is -0.361 e. The number of halogens is 3. The van der Waals surface area contributed by atoms with Crippen molar-refractivity contribution in [1.82, 2.24) is 14.5 Å². The van der Waals surface area contributed by atoms with Crippen LogP contribution in [0.3, 0.4) is 0 Å². The maximum atomic E-state index is 13.0. The lowest BCUT2D eigenvalue weighted by Gasteiger charge is -2.15. The van der Waals surface area contributed by atoms with Crippen LogP contribution in [0.5, 0.6) is 0 Å². The Balaban J connectivity index is 1.86. The maximum Gasteiger partial charge on any atom is 0.416 e. The Morgan fingerprint density at radius 1 is 1.11 bits per heavy atom. The van der Waals surface area contributed by atoms with Crippen LogP contribution in [-0.4, -0.2) is 29.2 Å². The minimum absolute atomic E-state index is 0.354. The van der Waals surface area contributed by atoms with Gasteiger partial charge in [-0.25, -0.2) is 9.97 Å². The van der Waals surface area contributed by atoms with Crippen LogP contribution in [0.1, 0.15) is 5.56 Å². The molecule has 0 aliphatic rings. The van der Waals surface area contributed by atoms with Gasteiger partial charge in [0.1, 0.15) is 18.7 Å². The third kappa shape index (κ3) is 4.75. The fraction of sp³-hybridized carbons (Fsp3) is 0.368. The summed E-state index contributed by atoms with van der Waals surface area (Å²) in [7, 11) is -1.16. The van der Waals surface area contributed by atoms with E-state index in [0.29, 0.717) is 35.6 Å². The molecule has 0 amide bonds. The smallest absolute Gasteiger partial charge is 0.361 e. The van der Waals surface area contributed by atoms with Crippen molar-refractivity contribution in [1.29, 1.82) is 0 Å². The summed E-state index contributed by atoms with van der Waals surface area (Å²) >= 11 is 0. The van der Waals surface area contributed by atoms with E-state index in [1.165, 1.54) is 12.4 Å². The first-order chi connectivity index (χ1) is 12.6. The molecule has 2 heterocycles. The zero-order valence-electron chi connectivity index (χ0n) is 15.5. The average molecular weight is 393 g/mol. The Kier molecular flexibility index (Phi) is 5.39. The predicted molar refractivity (Wildman–Crippen MR) is 102 cm³/mol. The van der Waals surface area contributed by atoms with E-state index in [0.717, 1.165) is 18.2 Å². The number of aromatic nitrogens is 3. The maximum absolute atomic E-state index is 13.0. The van der Waals surface area contributed by atoms with E-state index in [1.54, 1.807) is 6.07 Å². The van der Waals surface area contributed by atoms with Crippen LogP contribution in [-0.2, 0) is 17.6 Å². The van der Waals surface area contributed by atoms with Crippen molar-refractivity contribution in [3.8, 4) is 11.3 Å². The van der Waals surface area contributed by atoms with Gasteiger partial charge in [-0.3, -0.25) is 0 Å². The van der Waals surface area contributed by atoms with E-state index in [-0.39, 0.29) is 0 Å².